The largest absolute Gasteiger partial charge is 0.472 e. The molecule has 5 heteroatoms. The molecule has 6 heterocycles. The molecule has 1 aromatic heterocycles. The number of fused-ring (bicyclic) bond motifs is 4. The highest BCUT2D eigenvalue weighted by Crippen LogP contribution is 2.31. The van der Waals surface area contributed by atoms with Gasteiger partial charge >= 0.3 is 0 Å². The summed E-state index contributed by atoms with van der Waals surface area (Å²) in [7, 11) is 0. The van der Waals surface area contributed by atoms with Crippen LogP contribution in [0, 0.1) is 0 Å². The molecule has 0 aromatic carbocycles. The zero-order valence-corrected chi connectivity index (χ0v) is 15.3. The second-order valence-corrected chi connectivity index (χ2v) is 6.95. The van der Waals surface area contributed by atoms with Gasteiger partial charge in [0, 0.05) is 11.1 Å². The van der Waals surface area contributed by atoms with E-state index in [1.165, 1.54) is 0 Å². The van der Waals surface area contributed by atoms with Crippen molar-refractivity contribution in [1.82, 2.24) is 0 Å². The number of hydrogen-bond donors (Lipinski definition) is 0. The fraction of sp³-hybridized carbons (Fsp3) is 0. The average molecular weight is 374 g/mol. The lowest BCUT2D eigenvalue weighted by Gasteiger charge is -2.00. The van der Waals surface area contributed by atoms with Gasteiger partial charge < -0.3 is 4.42 Å². The Hall–Kier alpha value is -4.12. The van der Waals surface area contributed by atoms with E-state index in [2.05, 4.69) is 9.98 Å². The fourth-order valence-electron chi connectivity index (χ4n) is 3.55. The summed E-state index contributed by atoms with van der Waals surface area (Å²) in [4.78, 5) is 18.8. The molecule has 0 spiro atoms. The summed E-state index contributed by atoms with van der Waals surface area (Å²) in [5.74, 6) is 0. The molecule has 5 nitrogen and oxygen atoms in total. The SMILES string of the molecule is C1=CC2=NC1=CC1=NC(=CC3=NC(=CC4=NC(=C2)C=C4)C(c2ccoc2)=C3)C=C1. The number of allylic oxidation sites excluding steroid dienone is 12. The molecule has 5 aliphatic heterocycles. The Morgan fingerprint density at radius 2 is 1.14 bits per heavy atom. The molecule has 0 unspecified atom stereocenters. The lowest BCUT2D eigenvalue weighted by atomic mass is 10.1. The minimum Gasteiger partial charge on any atom is -0.472 e. The maximum Gasteiger partial charge on any atom is 0.0981 e. The van der Waals surface area contributed by atoms with Crippen LogP contribution in [0.15, 0.2) is 133 Å². The lowest BCUT2D eigenvalue weighted by Crippen LogP contribution is -1.90. The maximum absolute atomic E-state index is 5.28. The molecule has 0 N–H and O–H groups in total. The third-order valence-electron chi connectivity index (χ3n) is 4.87. The number of furan rings is 1. The van der Waals surface area contributed by atoms with Crippen molar-refractivity contribution in [2.24, 2.45) is 20.0 Å². The highest BCUT2D eigenvalue weighted by atomic mass is 16.3. The molecule has 0 radical (unpaired) electrons. The van der Waals surface area contributed by atoms with Gasteiger partial charge in [-0.1, -0.05) is 0 Å². The Morgan fingerprint density at radius 3 is 1.72 bits per heavy atom. The predicted octanol–water partition coefficient (Wildman–Crippen LogP) is 4.70. The van der Waals surface area contributed by atoms with Gasteiger partial charge in [-0.05, 0) is 72.9 Å². The molecule has 1 aromatic rings. The first-order valence-electron chi connectivity index (χ1n) is 9.29. The summed E-state index contributed by atoms with van der Waals surface area (Å²) >= 11 is 0. The zero-order chi connectivity index (χ0) is 19.2. The summed E-state index contributed by atoms with van der Waals surface area (Å²) < 4.78 is 5.28. The van der Waals surface area contributed by atoms with E-state index >= 15 is 0 Å². The summed E-state index contributed by atoms with van der Waals surface area (Å²) in [6, 6.07) is 1.94. The maximum atomic E-state index is 5.28. The highest BCUT2D eigenvalue weighted by molar-refractivity contribution is 6.19. The van der Waals surface area contributed by atoms with Crippen molar-refractivity contribution in [3.63, 3.8) is 0 Å². The number of aliphatic imine (C=N–C) groups is 4. The molecule has 0 amide bonds. The van der Waals surface area contributed by atoms with Gasteiger partial charge in [-0.2, -0.15) is 0 Å². The third-order valence-corrected chi connectivity index (χ3v) is 4.87. The second-order valence-electron chi connectivity index (χ2n) is 6.95. The number of nitrogens with zero attached hydrogens (tertiary/aromatic N) is 4. The van der Waals surface area contributed by atoms with Gasteiger partial charge in [0.15, 0.2) is 0 Å². The Balaban J connectivity index is 1.52. The van der Waals surface area contributed by atoms with Crippen LogP contribution in [0.5, 0.6) is 0 Å². The molecule has 5 aliphatic rings. The van der Waals surface area contributed by atoms with Crippen molar-refractivity contribution >= 4 is 28.4 Å². The van der Waals surface area contributed by atoms with E-state index in [-0.39, 0.29) is 0 Å². The van der Waals surface area contributed by atoms with Crippen molar-refractivity contribution in [1.29, 1.82) is 0 Å². The quantitative estimate of drug-likeness (QED) is 0.703. The van der Waals surface area contributed by atoms with Crippen LogP contribution in [0.4, 0.5) is 0 Å². The molecule has 136 valence electrons. The van der Waals surface area contributed by atoms with Crippen molar-refractivity contribution < 1.29 is 4.42 Å². The van der Waals surface area contributed by atoms with Crippen LogP contribution in [-0.2, 0) is 0 Å². The van der Waals surface area contributed by atoms with Gasteiger partial charge in [0.1, 0.15) is 0 Å². The first kappa shape index (κ1) is 15.9. The van der Waals surface area contributed by atoms with Crippen LogP contribution in [0.1, 0.15) is 5.56 Å². The van der Waals surface area contributed by atoms with E-state index in [0.717, 1.165) is 56.8 Å². The van der Waals surface area contributed by atoms with E-state index < -0.39 is 0 Å². The normalized spacial score (nSPS) is 21.2. The van der Waals surface area contributed by atoms with E-state index in [4.69, 9.17) is 14.4 Å². The van der Waals surface area contributed by atoms with Gasteiger partial charge in [-0.15, -0.1) is 0 Å². The minimum absolute atomic E-state index is 0.844. The molecular weight excluding hydrogens is 360 g/mol. The van der Waals surface area contributed by atoms with Crippen LogP contribution >= 0.6 is 0 Å². The Labute approximate surface area is 167 Å². The van der Waals surface area contributed by atoms with Gasteiger partial charge in [0.25, 0.3) is 0 Å². The molecule has 0 atom stereocenters. The van der Waals surface area contributed by atoms with Crippen LogP contribution in [-0.4, -0.2) is 22.8 Å². The van der Waals surface area contributed by atoms with E-state index in [1.54, 1.807) is 12.5 Å². The molecule has 29 heavy (non-hydrogen) atoms. The van der Waals surface area contributed by atoms with Crippen LogP contribution in [0.25, 0.3) is 5.57 Å². The standard InChI is InChI=1S/C24H14N4O/c1-2-17-10-19-5-6-21(27-19)13-24-23(15-7-8-29-14-15)12-22(28-24)11-20-4-3-18(26-20)9-16(1)25-17/h1-14H. The molecule has 0 saturated heterocycles. The highest BCUT2D eigenvalue weighted by Gasteiger charge is 2.18. The van der Waals surface area contributed by atoms with Crippen molar-refractivity contribution in [3.05, 3.63) is 114 Å². The average Bonchev–Trinajstić information content (AvgIpc) is 3.50. The van der Waals surface area contributed by atoms with Gasteiger partial charge in [-0.3, -0.25) is 0 Å². The fourth-order valence-corrected chi connectivity index (χ4v) is 3.55. The van der Waals surface area contributed by atoms with Crippen LogP contribution in [0.2, 0.25) is 0 Å². The lowest BCUT2D eigenvalue weighted by molar-refractivity contribution is 0.566. The Kier molecular flexibility index (Phi) is 3.40. The zero-order valence-electron chi connectivity index (χ0n) is 15.3. The van der Waals surface area contributed by atoms with E-state index in [0.29, 0.717) is 0 Å². The molecule has 8 bridgehead atoms. The van der Waals surface area contributed by atoms with E-state index in [9.17, 15) is 0 Å². The van der Waals surface area contributed by atoms with Gasteiger partial charge in [0.2, 0.25) is 0 Å². The molecule has 0 fully saturated rings. The topological polar surface area (TPSA) is 62.6 Å². The summed E-state index contributed by atoms with van der Waals surface area (Å²) in [5, 5.41) is 0. The van der Waals surface area contributed by atoms with Crippen molar-refractivity contribution in [3.8, 4) is 0 Å². The first-order valence-corrected chi connectivity index (χ1v) is 9.29. The van der Waals surface area contributed by atoms with E-state index in [1.807, 2.05) is 72.9 Å². The molecule has 0 aliphatic carbocycles. The van der Waals surface area contributed by atoms with Gasteiger partial charge in [-0.25, -0.2) is 20.0 Å². The van der Waals surface area contributed by atoms with Crippen LogP contribution < -0.4 is 0 Å². The van der Waals surface area contributed by atoms with Crippen LogP contribution in [0.3, 0.4) is 0 Å². The predicted molar refractivity (Wildman–Crippen MR) is 116 cm³/mol. The minimum atomic E-state index is 0.844. The first-order chi connectivity index (χ1) is 14.3. The number of hydrogen-bond acceptors (Lipinski definition) is 5. The monoisotopic (exact) mass is 374 g/mol. The summed E-state index contributed by atoms with van der Waals surface area (Å²) in [6.45, 7) is 0. The smallest absolute Gasteiger partial charge is 0.0981 e. The van der Waals surface area contributed by atoms with Gasteiger partial charge in [0.05, 0.1) is 58.2 Å². The Bertz CT molecular complexity index is 1310. The third kappa shape index (κ3) is 2.99. The number of rotatable bonds is 1. The summed E-state index contributed by atoms with van der Waals surface area (Å²) in [5.41, 5.74) is 8.88. The van der Waals surface area contributed by atoms with Crippen molar-refractivity contribution in [2.45, 2.75) is 0 Å². The molecule has 6 rings (SSSR count). The Morgan fingerprint density at radius 1 is 0.552 bits per heavy atom. The second kappa shape index (κ2) is 6.21. The van der Waals surface area contributed by atoms with Crippen molar-refractivity contribution in [2.75, 3.05) is 0 Å². The molecular formula is C24H14N4O. The summed E-state index contributed by atoms with van der Waals surface area (Å²) in [6.07, 6.45) is 25.3. The molecule has 0 saturated carbocycles.